The number of hydrogen-bond acceptors (Lipinski definition) is 1. The number of halogens is 2. The topological polar surface area (TPSA) is 3.24 Å². The average Bonchev–Trinajstić information content (AvgIpc) is 2.93. The molecule has 0 radical (unpaired) electrons. The van der Waals surface area contributed by atoms with E-state index in [1.54, 1.807) is 0 Å². The second-order valence-electron chi connectivity index (χ2n) is 18.5. The molecule has 252 valence electrons. The SMILES string of the molecule is CC(C)(C)c1ccc(N(c2ccc(C(C)(C)C)cc2-c2cc(C(C)(C)C)cc(C(C)(C)C)c2)c2cc(C(C)(C)C)cc(Cl)c2Cl)cc1. The normalized spacial score (nSPS) is 13.2. The molecule has 4 aromatic rings. The fourth-order valence-corrected chi connectivity index (χ4v) is 6.17. The van der Waals surface area contributed by atoms with E-state index in [9.17, 15) is 0 Å². The minimum absolute atomic E-state index is 0.0157. The molecule has 0 saturated heterocycles. The predicted octanol–water partition coefficient (Wildman–Crippen LogP) is 14.6. The fourth-order valence-electron chi connectivity index (χ4n) is 5.77. The Kier molecular flexibility index (Phi) is 9.95. The molecular formula is C44H57Cl2N. The molecule has 0 aliphatic heterocycles. The van der Waals surface area contributed by atoms with E-state index < -0.39 is 0 Å². The van der Waals surface area contributed by atoms with Crippen molar-refractivity contribution in [2.45, 2.75) is 131 Å². The predicted molar refractivity (Wildman–Crippen MR) is 210 cm³/mol. The second-order valence-corrected chi connectivity index (χ2v) is 19.2. The Labute approximate surface area is 296 Å². The van der Waals surface area contributed by atoms with Crippen LogP contribution < -0.4 is 4.90 Å². The van der Waals surface area contributed by atoms with Crippen LogP contribution in [0.15, 0.2) is 72.8 Å². The van der Waals surface area contributed by atoms with Gasteiger partial charge in [0.05, 0.1) is 21.4 Å². The van der Waals surface area contributed by atoms with E-state index >= 15 is 0 Å². The molecule has 47 heavy (non-hydrogen) atoms. The summed E-state index contributed by atoms with van der Waals surface area (Å²) < 4.78 is 0. The lowest BCUT2D eigenvalue weighted by atomic mass is 9.78. The average molecular weight is 671 g/mol. The molecule has 0 fully saturated rings. The van der Waals surface area contributed by atoms with Gasteiger partial charge in [-0.05, 0) is 96.9 Å². The fraction of sp³-hybridized carbons (Fsp3) is 0.455. The van der Waals surface area contributed by atoms with Gasteiger partial charge in [-0.1, -0.05) is 163 Å². The van der Waals surface area contributed by atoms with Crippen molar-refractivity contribution in [3.8, 4) is 11.1 Å². The molecule has 0 saturated carbocycles. The molecule has 0 atom stereocenters. The quantitative estimate of drug-likeness (QED) is 0.209. The van der Waals surface area contributed by atoms with Gasteiger partial charge in [0.2, 0.25) is 0 Å². The van der Waals surface area contributed by atoms with Crippen molar-refractivity contribution in [3.63, 3.8) is 0 Å². The van der Waals surface area contributed by atoms with Crippen LogP contribution in [0.3, 0.4) is 0 Å². The molecule has 1 nitrogen and oxygen atoms in total. The third kappa shape index (κ3) is 8.29. The van der Waals surface area contributed by atoms with Crippen molar-refractivity contribution in [1.82, 2.24) is 0 Å². The standard InChI is InChI=1S/C44H57Cl2N/c1-40(2,3)29-16-19-34(20-17-29)47(38-27-33(44(13,14)15)26-36(45)39(38)46)37-21-18-30(41(4,5)6)25-35(37)28-22-31(42(7,8)9)24-32(23-28)43(10,11)12/h16-27H,1-15H3. The number of nitrogens with zero attached hydrogens (tertiary/aromatic N) is 1. The van der Waals surface area contributed by atoms with Gasteiger partial charge in [0.15, 0.2) is 0 Å². The van der Waals surface area contributed by atoms with Crippen LogP contribution in [0, 0.1) is 0 Å². The van der Waals surface area contributed by atoms with Gasteiger partial charge in [0, 0.05) is 11.3 Å². The summed E-state index contributed by atoms with van der Waals surface area (Å²) in [6.07, 6.45) is 0. The first-order valence-electron chi connectivity index (χ1n) is 17.0. The zero-order chi connectivity index (χ0) is 35.5. The summed E-state index contributed by atoms with van der Waals surface area (Å²) >= 11 is 14.2. The summed E-state index contributed by atoms with van der Waals surface area (Å²) in [6.45, 7) is 34.0. The van der Waals surface area contributed by atoms with Gasteiger partial charge in [-0.25, -0.2) is 0 Å². The summed E-state index contributed by atoms with van der Waals surface area (Å²) in [5, 5.41) is 1.10. The lowest BCUT2D eigenvalue weighted by Gasteiger charge is -2.33. The zero-order valence-corrected chi connectivity index (χ0v) is 33.1. The highest BCUT2D eigenvalue weighted by Crippen LogP contribution is 2.49. The molecule has 0 N–H and O–H groups in total. The monoisotopic (exact) mass is 669 g/mol. The minimum atomic E-state index is -0.119. The number of benzene rings is 4. The largest absolute Gasteiger partial charge is 0.308 e. The van der Waals surface area contributed by atoms with Gasteiger partial charge in [-0.15, -0.1) is 0 Å². The summed E-state index contributed by atoms with van der Waals surface area (Å²) in [7, 11) is 0. The van der Waals surface area contributed by atoms with Crippen molar-refractivity contribution in [1.29, 1.82) is 0 Å². The van der Waals surface area contributed by atoms with Crippen molar-refractivity contribution in [2.75, 3.05) is 4.90 Å². The molecule has 0 amide bonds. The maximum absolute atomic E-state index is 7.21. The first-order chi connectivity index (χ1) is 21.3. The second kappa shape index (κ2) is 12.6. The van der Waals surface area contributed by atoms with Crippen LogP contribution >= 0.6 is 23.2 Å². The molecule has 0 bridgehead atoms. The van der Waals surface area contributed by atoms with Gasteiger partial charge in [-0.3, -0.25) is 0 Å². The Hall–Kier alpha value is -2.74. The highest BCUT2D eigenvalue weighted by atomic mass is 35.5. The summed E-state index contributed by atoms with van der Waals surface area (Å²) in [5.41, 5.74) is 11.5. The molecule has 0 spiro atoms. The smallest absolute Gasteiger partial charge is 0.0833 e. The van der Waals surface area contributed by atoms with E-state index in [4.69, 9.17) is 23.2 Å². The molecule has 4 rings (SSSR count). The van der Waals surface area contributed by atoms with Crippen LogP contribution in [-0.2, 0) is 27.1 Å². The molecule has 0 unspecified atom stereocenters. The summed E-state index contributed by atoms with van der Waals surface area (Å²) in [6, 6.07) is 27.3. The third-order valence-electron chi connectivity index (χ3n) is 9.19. The highest BCUT2D eigenvalue weighted by molar-refractivity contribution is 6.44. The molecule has 3 heteroatoms. The van der Waals surface area contributed by atoms with E-state index in [1.807, 2.05) is 6.07 Å². The van der Waals surface area contributed by atoms with Crippen LogP contribution in [-0.4, -0.2) is 0 Å². The van der Waals surface area contributed by atoms with E-state index in [-0.39, 0.29) is 27.1 Å². The molecule has 0 aliphatic rings. The van der Waals surface area contributed by atoms with Gasteiger partial charge in [0.25, 0.3) is 0 Å². The van der Waals surface area contributed by atoms with Crippen molar-refractivity contribution >= 4 is 40.3 Å². The molecule has 0 aliphatic carbocycles. The van der Waals surface area contributed by atoms with E-state index in [2.05, 4.69) is 175 Å². The zero-order valence-electron chi connectivity index (χ0n) is 31.6. The summed E-state index contributed by atoms with van der Waals surface area (Å²) in [4.78, 5) is 2.32. The lowest BCUT2D eigenvalue weighted by Crippen LogP contribution is -2.18. The summed E-state index contributed by atoms with van der Waals surface area (Å²) in [5.74, 6) is 0. The van der Waals surface area contributed by atoms with Gasteiger partial charge in [0.1, 0.15) is 0 Å². The van der Waals surface area contributed by atoms with Crippen molar-refractivity contribution in [2.24, 2.45) is 0 Å². The maximum atomic E-state index is 7.21. The van der Waals surface area contributed by atoms with Gasteiger partial charge < -0.3 is 4.90 Å². The Morgan fingerprint density at radius 2 is 0.830 bits per heavy atom. The van der Waals surface area contributed by atoms with Crippen LogP contribution in [0.1, 0.15) is 132 Å². The van der Waals surface area contributed by atoms with Gasteiger partial charge >= 0.3 is 0 Å². The van der Waals surface area contributed by atoms with Crippen LogP contribution in [0.2, 0.25) is 10.0 Å². The van der Waals surface area contributed by atoms with Crippen molar-refractivity contribution in [3.05, 3.63) is 111 Å². The molecule has 4 aromatic carbocycles. The van der Waals surface area contributed by atoms with E-state index in [1.165, 1.54) is 33.4 Å². The Balaban J connectivity index is 2.18. The van der Waals surface area contributed by atoms with Crippen LogP contribution in [0.25, 0.3) is 11.1 Å². The Morgan fingerprint density at radius 1 is 0.404 bits per heavy atom. The van der Waals surface area contributed by atoms with Crippen LogP contribution in [0.5, 0.6) is 0 Å². The Bertz CT molecular complexity index is 1710. The number of rotatable bonds is 4. The first kappa shape index (κ1) is 37.1. The third-order valence-corrected chi connectivity index (χ3v) is 9.98. The van der Waals surface area contributed by atoms with Crippen LogP contribution in [0.4, 0.5) is 17.1 Å². The molecule has 0 heterocycles. The number of anilines is 3. The minimum Gasteiger partial charge on any atom is -0.308 e. The van der Waals surface area contributed by atoms with Gasteiger partial charge in [-0.2, -0.15) is 0 Å². The van der Waals surface area contributed by atoms with Crippen molar-refractivity contribution < 1.29 is 0 Å². The lowest BCUT2D eigenvalue weighted by molar-refractivity contribution is 0.569. The maximum Gasteiger partial charge on any atom is 0.0833 e. The molecular weight excluding hydrogens is 613 g/mol. The van der Waals surface area contributed by atoms with E-state index in [0.717, 1.165) is 22.6 Å². The Morgan fingerprint density at radius 3 is 1.28 bits per heavy atom. The highest BCUT2D eigenvalue weighted by Gasteiger charge is 2.28. The van der Waals surface area contributed by atoms with E-state index in [0.29, 0.717) is 10.0 Å². The number of hydrogen-bond donors (Lipinski definition) is 0. The molecule has 0 aromatic heterocycles. The first-order valence-corrected chi connectivity index (χ1v) is 17.8.